The van der Waals surface area contributed by atoms with Gasteiger partial charge in [-0.2, -0.15) is 0 Å². The van der Waals surface area contributed by atoms with Crippen LogP contribution in [-0.4, -0.2) is 56.7 Å². The van der Waals surface area contributed by atoms with E-state index in [1.807, 2.05) is 4.90 Å². The molecule has 1 saturated heterocycles. The van der Waals surface area contributed by atoms with Crippen molar-refractivity contribution in [3.05, 3.63) is 29.1 Å². The topological polar surface area (TPSA) is 80.2 Å². The number of aliphatic imine (C=N–C) groups is 1. The van der Waals surface area contributed by atoms with Crippen LogP contribution in [0.15, 0.2) is 17.1 Å². The molecule has 27 heavy (non-hydrogen) atoms. The van der Waals surface area contributed by atoms with E-state index >= 15 is 0 Å². The highest BCUT2D eigenvalue weighted by atomic mass is 127. The highest BCUT2D eigenvalue weighted by molar-refractivity contribution is 14.0. The summed E-state index contributed by atoms with van der Waals surface area (Å²) in [6.07, 6.45) is 0. The minimum atomic E-state index is -3.13. The van der Waals surface area contributed by atoms with Crippen LogP contribution < -0.4 is 10.1 Å². The number of ether oxygens (including phenoxy) is 2. The Morgan fingerprint density at radius 2 is 2.15 bits per heavy atom. The average molecular weight is 513 g/mol. The zero-order chi connectivity index (χ0) is 18.9. The van der Waals surface area contributed by atoms with Crippen LogP contribution in [0.2, 0.25) is 0 Å². The highest BCUT2D eigenvalue weighted by Crippen LogP contribution is 2.29. The summed E-state index contributed by atoms with van der Waals surface area (Å²) >= 11 is 0. The van der Waals surface area contributed by atoms with Crippen LogP contribution >= 0.6 is 24.0 Å². The lowest BCUT2D eigenvalue weighted by Crippen LogP contribution is -2.57. The molecule has 152 valence electrons. The summed E-state index contributed by atoms with van der Waals surface area (Å²) in [5, 5.41) is 3.19. The van der Waals surface area contributed by atoms with Crippen molar-refractivity contribution in [3.63, 3.8) is 0 Å². The van der Waals surface area contributed by atoms with E-state index in [0.717, 1.165) is 0 Å². The average Bonchev–Trinajstić information content (AvgIpc) is 2.58. The lowest BCUT2D eigenvalue weighted by Gasteiger charge is -2.39. The van der Waals surface area contributed by atoms with E-state index in [9.17, 15) is 12.8 Å². The van der Waals surface area contributed by atoms with Crippen molar-refractivity contribution in [1.82, 2.24) is 10.2 Å². The number of fused-ring (bicyclic) bond motifs is 1. The molecule has 2 heterocycles. The Bertz CT molecular complexity index is 830. The van der Waals surface area contributed by atoms with Gasteiger partial charge < -0.3 is 19.7 Å². The Labute approximate surface area is 176 Å². The zero-order valence-electron chi connectivity index (χ0n) is 15.6. The Balaban J connectivity index is 0.00000261. The van der Waals surface area contributed by atoms with Crippen molar-refractivity contribution >= 4 is 39.8 Å². The molecule has 0 atom stereocenters. The first kappa shape index (κ1) is 22.2. The van der Waals surface area contributed by atoms with Crippen LogP contribution in [0.5, 0.6) is 5.75 Å². The Hall–Kier alpha value is -1.14. The van der Waals surface area contributed by atoms with Crippen molar-refractivity contribution < 1.29 is 22.3 Å². The Morgan fingerprint density at radius 1 is 1.41 bits per heavy atom. The highest BCUT2D eigenvalue weighted by Gasteiger charge is 2.41. The molecule has 0 aliphatic carbocycles. The monoisotopic (exact) mass is 513 g/mol. The van der Waals surface area contributed by atoms with Gasteiger partial charge in [0.05, 0.1) is 17.1 Å². The van der Waals surface area contributed by atoms with Crippen LogP contribution in [0.1, 0.15) is 25.0 Å². The minimum Gasteiger partial charge on any atom is -0.467 e. The van der Waals surface area contributed by atoms with Gasteiger partial charge in [0.25, 0.3) is 0 Å². The predicted molar refractivity (Wildman–Crippen MR) is 112 cm³/mol. The van der Waals surface area contributed by atoms with Crippen LogP contribution in [0.3, 0.4) is 0 Å². The largest absolute Gasteiger partial charge is 0.467 e. The molecule has 1 fully saturated rings. The summed E-state index contributed by atoms with van der Waals surface area (Å²) in [6, 6.07) is 2.83. The fourth-order valence-corrected chi connectivity index (χ4v) is 4.58. The van der Waals surface area contributed by atoms with Crippen molar-refractivity contribution in [3.8, 4) is 5.75 Å². The molecule has 0 unspecified atom stereocenters. The molecular formula is C17H25FIN3O4S. The number of rotatable bonds is 2. The summed E-state index contributed by atoms with van der Waals surface area (Å²) in [5.74, 6) is 0.936. The lowest BCUT2D eigenvalue weighted by atomic mass is 10.1. The second kappa shape index (κ2) is 8.48. The van der Waals surface area contributed by atoms with E-state index in [-0.39, 0.29) is 42.3 Å². The molecular weight excluding hydrogens is 488 g/mol. The molecule has 7 nitrogen and oxygen atoms in total. The maximum atomic E-state index is 13.9. The van der Waals surface area contributed by atoms with Crippen LogP contribution in [0.4, 0.5) is 4.39 Å². The molecule has 1 aromatic rings. The molecule has 0 bridgehead atoms. The third-order valence-corrected chi connectivity index (χ3v) is 7.28. The van der Waals surface area contributed by atoms with Crippen molar-refractivity contribution in [2.24, 2.45) is 4.99 Å². The van der Waals surface area contributed by atoms with Gasteiger partial charge in [0.1, 0.15) is 11.6 Å². The number of hydrogen-bond acceptors (Lipinski definition) is 5. The molecule has 0 amide bonds. The first-order chi connectivity index (χ1) is 12.2. The van der Waals surface area contributed by atoms with E-state index in [1.165, 1.54) is 12.1 Å². The second-order valence-electron chi connectivity index (χ2n) is 7.06. The second-order valence-corrected chi connectivity index (χ2v) is 9.81. The van der Waals surface area contributed by atoms with Crippen LogP contribution in [-0.2, 0) is 27.7 Å². The van der Waals surface area contributed by atoms with E-state index in [2.05, 4.69) is 10.3 Å². The lowest BCUT2D eigenvalue weighted by molar-refractivity contribution is -0.0173. The number of halogens is 2. The van der Waals surface area contributed by atoms with Crippen LogP contribution in [0.25, 0.3) is 0 Å². The standard InChI is InChI=1S/C17H24FN3O4S.HI/c1-17(2)10-21(4-5-26(17,22)23)16(19-3)20-8-12-6-14(18)7-13-9-24-11-25-15(12)13;/h6-7H,4-5,8-11H2,1-3H3,(H,19,20);1H. The zero-order valence-corrected chi connectivity index (χ0v) is 18.8. The van der Waals surface area contributed by atoms with E-state index < -0.39 is 14.6 Å². The van der Waals surface area contributed by atoms with Gasteiger partial charge >= 0.3 is 0 Å². The SMILES string of the molecule is CN=C(NCc1cc(F)cc2c1OCOC2)N1CCS(=O)(=O)C(C)(C)C1.I. The fraction of sp³-hybridized carbons (Fsp3) is 0.588. The molecule has 3 rings (SSSR count). The molecule has 1 N–H and O–H groups in total. The van der Waals surface area contributed by atoms with Gasteiger partial charge in [-0.25, -0.2) is 12.8 Å². The minimum absolute atomic E-state index is 0. The summed E-state index contributed by atoms with van der Waals surface area (Å²) in [6.45, 7) is 4.93. The summed E-state index contributed by atoms with van der Waals surface area (Å²) in [7, 11) is -1.49. The van der Waals surface area contributed by atoms with Gasteiger partial charge in [0, 0.05) is 37.8 Å². The van der Waals surface area contributed by atoms with Crippen molar-refractivity contribution in [2.45, 2.75) is 31.7 Å². The summed E-state index contributed by atoms with van der Waals surface area (Å²) in [4.78, 5) is 6.17. The van der Waals surface area contributed by atoms with Gasteiger partial charge in [-0.15, -0.1) is 24.0 Å². The van der Waals surface area contributed by atoms with E-state index in [0.29, 0.717) is 49.1 Å². The normalized spacial score (nSPS) is 20.9. The number of hydrogen-bond donors (Lipinski definition) is 1. The predicted octanol–water partition coefficient (Wildman–Crippen LogP) is 1.89. The number of benzene rings is 1. The van der Waals surface area contributed by atoms with Crippen LogP contribution in [0, 0.1) is 5.82 Å². The molecule has 2 aliphatic rings. The molecule has 1 aromatic carbocycles. The third kappa shape index (κ3) is 4.65. The van der Waals surface area contributed by atoms with Gasteiger partial charge in [-0.3, -0.25) is 4.99 Å². The van der Waals surface area contributed by atoms with Gasteiger partial charge in [-0.05, 0) is 26.0 Å². The maximum absolute atomic E-state index is 13.9. The molecule has 0 aromatic heterocycles. The summed E-state index contributed by atoms with van der Waals surface area (Å²) in [5.41, 5.74) is 1.35. The van der Waals surface area contributed by atoms with E-state index in [1.54, 1.807) is 20.9 Å². The first-order valence-corrected chi connectivity index (χ1v) is 10.1. The Kier molecular flexibility index (Phi) is 6.96. The van der Waals surface area contributed by atoms with Gasteiger partial charge in [0.15, 0.2) is 22.6 Å². The summed E-state index contributed by atoms with van der Waals surface area (Å²) < 4.78 is 48.1. The number of sulfone groups is 1. The van der Waals surface area contributed by atoms with Gasteiger partial charge in [-0.1, -0.05) is 0 Å². The molecule has 2 aliphatic heterocycles. The molecule has 10 heteroatoms. The fourth-order valence-electron chi connectivity index (χ4n) is 3.22. The van der Waals surface area contributed by atoms with Crippen molar-refractivity contribution in [2.75, 3.05) is 32.7 Å². The number of nitrogens with zero attached hydrogens (tertiary/aromatic N) is 2. The van der Waals surface area contributed by atoms with E-state index in [4.69, 9.17) is 9.47 Å². The maximum Gasteiger partial charge on any atom is 0.193 e. The molecule has 0 spiro atoms. The molecule has 0 radical (unpaired) electrons. The smallest absolute Gasteiger partial charge is 0.193 e. The van der Waals surface area contributed by atoms with Gasteiger partial charge in [0.2, 0.25) is 0 Å². The number of nitrogens with one attached hydrogen (secondary N) is 1. The molecule has 0 saturated carbocycles. The Morgan fingerprint density at radius 3 is 2.81 bits per heavy atom. The quantitative estimate of drug-likeness (QED) is 0.370. The van der Waals surface area contributed by atoms with Crippen molar-refractivity contribution in [1.29, 1.82) is 0 Å². The third-order valence-electron chi connectivity index (χ3n) is 4.74. The number of guanidine groups is 1. The first-order valence-electron chi connectivity index (χ1n) is 8.43.